The van der Waals surface area contributed by atoms with Gasteiger partial charge < -0.3 is 15.5 Å². The van der Waals surface area contributed by atoms with Crippen LogP contribution in [0.25, 0.3) is 0 Å². The highest BCUT2D eigenvalue weighted by Gasteiger charge is 2.38. The maximum absolute atomic E-state index is 6.29. The molecule has 3 aliphatic rings. The zero-order valence-electron chi connectivity index (χ0n) is 11.9. The minimum Gasteiger partial charge on any atom is -0.327 e. The molecule has 0 radical (unpaired) electrons. The first kappa shape index (κ1) is 12.9. The van der Waals surface area contributed by atoms with E-state index in [1.165, 1.54) is 71.4 Å². The van der Waals surface area contributed by atoms with Gasteiger partial charge in [0.05, 0.1) is 0 Å². The van der Waals surface area contributed by atoms with Crippen molar-refractivity contribution in [2.75, 3.05) is 39.3 Å². The van der Waals surface area contributed by atoms with Crippen LogP contribution in [0.1, 0.15) is 39.0 Å². The van der Waals surface area contributed by atoms with Crippen molar-refractivity contribution in [3.05, 3.63) is 0 Å². The summed E-state index contributed by atoms with van der Waals surface area (Å²) in [5.74, 6) is 1.04. The lowest BCUT2D eigenvalue weighted by Gasteiger charge is -2.40. The quantitative estimate of drug-likeness (QED) is 0.822. The van der Waals surface area contributed by atoms with Crippen LogP contribution in [0.2, 0.25) is 0 Å². The lowest BCUT2D eigenvalue weighted by molar-refractivity contribution is 0.0846. The van der Waals surface area contributed by atoms with Crippen molar-refractivity contribution in [2.45, 2.75) is 45.1 Å². The second kappa shape index (κ2) is 5.10. The maximum Gasteiger partial charge on any atom is 0.0110 e. The number of hydrogen-bond donors (Lipinski definition) is 1. The van der Waals surface area contributed by atoms with Gasteiger partial charge in [-0.25, -0.2) is 0 Å². The van der Waals surface area contributed by atoms with Crippen LogP contribution in [0, 0.1) is 11.3 Å². The van der Waals surface area contributed by atoms with Gasteiger partial charge in [-0.1, -0.05) is 13.3 Å². The molecular formula is C15H29N3. The molecule has 3 heteroatoms. The second-order valence-electron chi connectivity index (χ2n) is 7.17. The summed E-state index contributed by atoms with van der Waals surface area (Å²) < 4.78 is 0. The minimum atomic E-state index is 0.388. The number of hydrogen-bond acceptors (Lipinski definition) is 3. The Bertz CT molecular complexity index is 281. The minimum absolute atomic E-state index is 0.388. The summed E-state index contributed by atoms with van der Waals surface area (Å²) in [6.07, 6.45) is 6.86. The Morgan fingerprint density at radius 3 is 2.28 bits per heavy atom. The van der Waals surface area contributed by atoms with Crippen molar-refractivity contribution in [2.24, 2.45) is 17.1 Å². The van der Waals surface area contributed by atoms with Crippen molar-refractivity contribution in [1.29, 1.82) is 0 Å². The van der Waals surface area contributed by atoms with Gasteiger partial charge in [0.25, 0.3) is 0 Å². The van der Waals surface area contributed by atoms with E-state index in [0.29, 0.717) is 11.5 Å². The van der Waals surface area contributed by atoms with Crippen LogP contribution in [-0.2, 0) is 0 Å². The maximum atomic E-state index is 6.29. The average molecular weight is 251 g/mol. The van der Waals surface area contributed by atoms with Gasteiger partial charge in [0.2, 0.25) is 0 Å². The van der Waals surface area contributed by atoms with E-state index in [1.807, 2.05) is 0 Å². The summed E-state index contributed by atoms with van der Waals surface area (Å²) in [6, 6.07) is 0.432. The molecule has 2 unspecified atom stereocenters. The summed E-state index contributed by atoms with van der Waals surface area (Å²) in [7, 11) is 0. The van der Waals surface area contributed by atoms with Crippen LogP contribution in [0.15, 0.2) is 0 Å². The van der Waals surface area contributed by atoms with Gasteiger partial charge in [-0.3, -0.25) is 0 Å². The molecule has 3 fully saturated rings. The molecule has 2 aliphatic carbocycles. The fourth-order valence-electron chi connectivity index (χ4n) is 3.76. The van der Waals surface area contributed by atoms with Crippen molar-refractivity contribution in [1.82, 2.24) is 9.80 Å². The Morgan fingerprint density at radius 2 is 1.72 bits per heavy atom. The summed E-state index contributed by atoms with van der Waals surface area (Å²) >= 11 is 0. The molecule has 0 amide bonds. The first-order chi connectivity index (χ1) is 8.66. The first-order valence-corrected chi connectivity index (χ1v) is 7.86. The Hall–Kier alpha value is -0.120. The molecule has 18 heavy (non-hydrogen) atoms. The SMILES string of the molecule is CC1(CN2CCN(CC3CC3)CC2)CCCC1N. The van der Waals surface area contributed by atoms with E-state index >= 15 is 0 Å². The van der Waals surface area contributed by atoms with Crippen molar-refractivity contribution >= 4 is 0 Å². The molecule has 0 aromatic carbocycles. The highest BCUT2D eigenvalue weighted by molar-refractivity contribution is 4.94. The molecule has 2 atom stereocenters. The Kier molecular flexibility index (Phi) is 3.65. The molecule has 3 rings (SSSR count). The van der Waals surface area contributed by atoms with Gasteiger partial charge in [-0.15, -0.1) is 0 Å². The van der Waals surface area contributed by atoms with E-state index in [4.69, 9.17) is 5.73 Å². The van der Waals surface area contributed by atoms with E-state index in [-0.39, 0.29) is 0 Å². The van der Waals surface area contributed by atoms with Crippen LogP contribution in [0.5, 0.6) is 0 Å². The zero-order valence-corrected chi connectivity index (χ0v) is 11.9. The highest BCUT2D eigenvalue weighted by atomic mass is 15.3. The summed E-state index contributed by atoms with van der Waals surface area (Å²) in [4.78, 5) is 5.33. The molecule has 1 heterocycles. The van der Waals surface area contributed by atoms with Gasteiger partial charge in [0.15, 0.2) is 0 Å². The predicted octanol–water partition coefficient (Wildman–Crippen LogP) is 1.53. The van der Waals surface area contributed by atoms with E-state index in [2.05, 4.69) is 16.7 Å². The molecule has 2 saturated carbocycles. The molecule has 2 N–H and O–H groups in total. The molecule has 1 aliphatic heterocycles. The number of nitrogens with zero attached hydrogens (tertiary/aromatic N) is 2. The smallest absolute Gasteiger partial charge is 0.0110 e. The normalized spacial score (nSPS) is 39.3. The fraction of sp³-hybridized carbons (Fsp3) is 1.00. The third-order valence-electron chi connectivity index (χ3n) is 5.42. The second-order valence-corrected chi connectivity index (χ2v) is 7.17. The lowest BCUT2D eigenvalue weighted by Crippen LogP contribution is -2.52. The molecule has 104 valence electrons. The number of nitrogens with two attached hydrogens (primary N) is 1. The van der Waals surface area contributed by atoms with Crippen molar-refractivity contribution in [3.63, 3.8) is 0 Å². The van der Waals surface area contributed by atoms with E-state index in [9.17, 15) is 0 Å². The van der Waals surface area contributed by atoms with Crippen LogP contribution >= 0.6 is 0 Å². The Labute approximate surface area is 112 Å². The number of rotatable bonds is 4. The Balaban J connectivity index is 1.44. The largest absolute Gasteiger partial charge is 0.327 e. The van der Waals surface area contributed by atoms with E-state index in [1.54, 1.807) is 0 Å². The van der Waals surface area contributed by atoms with E-state index in [0.717, 1.165) is 5.92 Å². The van der Waals surface area contributed by atoms with Crippen LogP contribution in [0.4, 0.5) is 0 Å². The topological polar surface area (TPSA) is 32.5 Å². The van der Waals surface area contributed by atoms with Gasteiger partial charge in [-0.2, -0.15) is 0 Å². The van der Waals surface area contributed by atoms with Gasteiger partial charge in [-0.05, 0) is 37.0 Å². The summed E-state index contributed by atoms with van der Waals surface area (Å²) in [5.41, 5.74) is 6.68. The summed E-state index contributed by atoms with van der Waals surface area (Å²) in [6.45, 7) is 10.1. The van der Waals surface area contributed by atoms with Gasteiger partial charge >= 0.3 is 0 Å². The standard InChI is InChI=1S/C15H29N3/c1-15(6-2-3-14(15)16)12-18-9-7-17(8-10-18)11-13-4-5-13/h13-14H,2-12,16H2,1H3. The average Bonchev–Trinajstić information content (AvgIpc) is 3.10. The predicted molar refractivity (Wildman–Crippen MR) is 75.5 cm³/mol. The summed E-state index contributed by atoms with van der Waals surface area (Å²) in [5, 5.41) is 0. The lowest BCUT2D eigenvalue weighted by atomic mass is 9.84. The molecule has 1 saturated heterocycles. The van der Waals surface area contributed by atoms with Crippen molar-refractivity contribution in [3.8, 4) is 0 Å². The first-order valence-electron chi connectivity index (χ1n) is 7.86. The van der Waals surface area contributed by atoms with Crippen molar-refractivity contribution < 1.29 is 0 Å². The molecular weight excluding hydrogens is 222 g/mol. The van der Waals surface area contributed by atoms with E-state index < -0.39 is 0 Å². The van der Waals surface area contributed by atoms with Gasteiger partial charge in [0.1, 0.15) is 0 Å². The van der Waals surface area contributed by atoms with Crippen LogP contribution in [0.3, 0.4) is 0 Å². The fourth-order valence-corrected chi connectivity index (χ4v) is 3.76. The van der Waals surface area contributed by atoms with Crippen LogP contribution < -0.4 is 5.73 Å². The number of piperazine rings is 1. The molecule has 0 spiro atoms. The molecule has 3 nitrogen and oxygen atoms in total. The molecule has 0 aromatic heterocycles. The highest BCUT2D eigenvalue weighted by Crippen LogP contribution is 2.37. The Morgan fingerprint density at radius 1 is 1.06 bits per heavy atom. The van der Waals surface area contributed by atoms with Crippen LogP contribution in [-0.4, -0.2) is 55.1 Å². The zero-order chi connectivity index (χ0) is 12.6. The van der Waals surface area contributed by atoms with Gasteiger partial charge in [0, 0.05) is 45.3 Å². The third-order valence-corrected chi connectivity index (χ3v) is 5.42. The monoisotopic (exact) mass is 251 g/mol. The molecule has 0 bridgehead atoms. The molecule has 0 aromatic rings. The third kappa shape index (κ3) is 2.89.